The Labute approximate surface area is 193 Å². The molecule has 1 aliphatic heterocycles. The van der Waals surface area contributed by atoms with Gasteiger partial charge in [-0.2, -0.15) is 0 Å². The predicted octanol–water partition coefficient (Wildman–Crippen LogP) is 4.41. The number of amides is 2. The average Bonchev–Trinajstić information content (AvgIpc) is 2.84. The highest BCUT2D eigenvalue weighted by atomic mass is 19.1. The summed E-state index contributed by atoms with van der Waals surface area (Å²) in [6.45, 7) is 0.664. The molecule has 0 atom stereocenters. The van der Waals surface area contributed by atoms with Crippen LogP contribution >= 0.6 is 0 Å². The van der Waals surface area contributed by atoms with Crippen molar-refractivity contribution >= 4 is 29.3 Å². The number of rotatable bonds is 6. The molecule has 4 rings (SSSR count). The molecule has 0 bridgehead atoms. The molecule has 34 heavy (non-hydrogen) atoms. The smallest absolute Gasteiger partial charge is 0.261 e. The van der Waals surface area contributed by atoms with E-state index in [1.807, 2.05) is 0 Å². The summed E-state index contributed by atoms with van der Waals surface area (Å²) in [4.78, 5) is 26.1. The lowest BCUT2D eigenvalue weighted by molar-refractivity contribution is -0.118. The van der Waals surface area contributed by atoms with Gasteiger partial charge in [-0.15, -0.1) is 0 Å². The van der Waals surface area contributed by atoms with Crippen molar-refractivity contribution in [1.82, 2.24) is 0 Å². The summed E-state index contributed by atoms with van der Waals surface area (Å²) >= 11 is 0. The minimum Gasteiger partial charge on any atom is -0.493 e. The number of hydrogen-bond donors (Lipinski definition) is 2. The lowest BCUT2D eigenvalue weighted by Crippen LogP contribution is -2.26. The molecule has 0 fully saturated rings. The fourth-order valence-electron chi connectivity index (χ4n) is 3.28. The van der Waals surface area contributed by atoms with Crippen LogP contribution in [0.15, 0.2) is 66.2 Å². The Kier molecular flexibility index (Phi) is 6.72. The van der Waals surface area contributed by atoms with Gasteiger partial charge in [0.25, 0.3) is 11.8 Å². The highest BCUT2D eigenvalue weighted by Gasteiger charge is 2.23. The third-order valence-electron chi connectivity index (χ3n) is 4.89. The minimum atomic E-state index is -0.896. The highest BCUT2D eigenvalue weighted by Crippen LogP contribution is 2.41. The van der Waals surface area contributed by atoms with Crippen LogP contribution in [0.3, 0.4) is 0 Å². The van der Waals surface area contributed by atoms with Crippen molar-refractivity contribution in [3.8, 4) is 17.2 Å². The van der Waals surface area contributed by atoms with Gasteiger partial charge in [0.15, 0.2) is 11.5 Å². The van der Waals surface area contributed by atoms with Gasteiger partial charge in [0.05, 0.1) is 18.5 Å². The van der Waals surface area contributed by atoms with Gasteiger partial charge < -0.3 is 24.8 Å². The third-order valence-corrected chi connectivity index (χ3v) is 4.89. The second-order valence-corrected chi connectivity index (χ2v) is 7.17. The SMILES string of the molecule is COc1cc(C=C(C(=O)Nc2ccccc2F)C(=O)Nc2ccccc2F)cc2c1OCCO2. The summed E-state index contributed by atoms with van der Waals surface area (Å²) < 4.78 is 44.7. The fourth-order valence-corrected chi connectivity index (χ4v) is 3.28. The lowest BCUT2D eigenvalue weighted by atomic mass is 10.1. The number of hydrogen-bond acceptors (Lipinski definition) is 5. The van der Waals surface area contributed by atoms with Gasteiger partial charge in [0, 0.05) is 0 Å². The van der Waals surface area contributed by atoms with Crippen LogP contribution in [-0.4, -0.2) is 32.1 Å². The molecule has 0 saturated heterocycles. The molecule has 1 aliphatic rings. The van der Waals surface area contributed by atoms with Crippen LogP contribution in [0.25, 0.3) is 6.08 Å². The summed E-state index contributed by atoms with van der Waals surface area (Å²) in [5.41, 5.74) is -0.248. The van der Waals surface area contributed by atoms with E-state index in [0.29, 0.717) is 36.0 Å². The number of fused-ring (bicyclic) bond motifs is 1. The first kappa shape index (κ1) is 22.8. The number of para-hydroxylation sites is 2. The van der Waals surface area contributed by atoms with Crippen LogP contribution in [-0.2, 0) is 9.59 Å². The third kappa shape index (κ3) is 4.98. The van der Waals surface area contributed by atoms with E-state index in [9.17, 15) is 18.4 Å². The standard InChI is InChI=1S/C25H20F2N2O5/c1-32-21-13-15(14-22-23(21)34-11-10-33-22)12-16(24(30)28-19-8-4-2-6-17(19)26)25(31)29-20-9-5-3-7-18(20)27/h2-9,12-14H,10-11H2,1H3,(H,28,30)(H,29,31). The molecule has 9 heteroatoms. The predicted molar refractivity (Wildman–Crippen MR) is 122 cm³/mol. The fraction of sp³-hybridized carbons (Fsp3) is 0.120. The van der Waals surface area contributed by atoms with Gasteiger partial charge >= 0.3 is 0 Å². The largest absolute Gasteiger partial charge is 0.493 e. The zero-order chi connectivity index (χ0) is 24.1. The van der Waals surface area contributed by atoms with E-state index in [-0.39, 0.29) is 11.4 Å². The Morgan fingerprint density at radius 3 is 2.00 bits per heavy atom. The van der Waals surface area contributed by atoms with E-state index in [0.717, 1.165) is 0 Å². The summed E-state index contributed by atoms with van der Waals surface area (Å²) in [6, 6.07) is 14.2. The molecule has 0 unspecified atom stereocenters. The first-order valence-electron chi connectivity index (χ1n) is 10.3. The molecule has 0 aliphatic carbocycles. The number of benzene rings is 3. The van der Waals surface area contributed by atoms with E-state index in [1.165, 1.54) is 61.7 Å². The van der Waals surface area contributed by atoms with Crippen molar-refractivity contribution in [3.05, 3.63) is 83.4 Å². The Morgan fingerprint density at radius 2 is 1.44 bits per heavy atom. The van der Waals surface area contributed by atoms with Crippen LogP contribution in [0.1, 0.15) is 5.56 Å². The molecule has 0 aromatic heterocycles. The van der Waals surface area contributed by atoms with E-state index in [1.54, 1.807) is 12.1 Å². The molecule has 1 heterocycles. The Balaban J connectivity index is 1.73. The lowest BCUT2D eigenvalue weighted by Gasteiger charge is -2.21. The quantitative estimate of drug-likeness (QED) is 0.320. The normalized spacial score (nSPS) is 11.9. The molecule has 0 spiro atoms. The number of anilines is 2. The molecular formula is C25H20F2N2O5. The van der Waals surface area contributed by atoms with Crippen molar-refractivity contribution in [2.24, 2.45) is 0 Å². The Hall–Kier alpha value is -4.40. The maximum absolute atomic E-state index is 14.1. The van der Waals surface area contributed by atoms with Crippen molar-refractivity contribution in [2.75, 3.05) is 31.0 Å². The van der Waals surface area contributed by atoms with Gasteiger partial charge in [-0.05, 0) is 48.0 Å². The van der Waals surface area contributed by atoms with E-state index >= 15 is 0 Å². The first-order chi connectivity index (χ1) is 16.5. The van der Waals surface area contributed by atoms with Crippen LogP contribution in [0, 0.1) is 11.6 Å². The summed E-state index contributed by atoms with van der Waals surface area (Å²) in [5, 5.41) is 4.76. The monoisotopic (exact) mass is 466 g/mol. The second kappa shape index (κ2) is 10.0. The molecule has 2 N–H and O–H groups in total. The topological polar surface area (TPSA) is 85.9 Å². The molecule has 2 amide bonds. The molecular weight excluding hydrogens is 446 g/mol. The maximum Gasteiger partial charge on any atom is 0.261 e. The number of carbonyl (C=O) groups excluding carboxylic acids is 2. The van der Waals surface area contributed by atoms with Crippen molar-refractivity contribution < 1.29 is 32.6 Å². The van der Waals surface area contributed by atoms with E-state index in [4.69, 9.17) is 14.2 Å². The zero-order valence-corrected chi connectivity index (χ0v) is 18.1. The van der Waals surface area contributed by atoms with Crippen molar-refractivity contribution in [1.29, 1.82) is 0 Å². The van der Waals surface area contributed by atoms with Gasteiger partial charge in [-0.3, -0.25) is 9.59 Å². The van der Waals surface area contributed by atoms with Gasteiger partial charge in [0.2, 0.25) is 5.75 Å². The molecule has 0 saturated carbocycles. The van der Waals surface area contributed by atoms with Crippen LogP contribution in [0.5, 0.6) is 17.2 Å². The van der Waals surface area contributed by atoms with Crippen LogP contribution in [0.4, 0.5) is 20.2 Å². The van der Waals surface area contributed by atoms with Gasteiger partial charge in [-0.25, -0.2) is 8.78 Å². The minimum absolute atomic E-state index is 0.114. The number of ether oxygens (including phenoxy) is 3. The number of halogens is 2. The van der Waals surface area contributed by atoms with E-state index < -0.39 is 29.0 Å². The molecule has 0 radical (unpaired) electrons. The van der Waals surface area contributed by atoms with Crippen molar-refractivity contribution in [2.45, 2.75) is 0 Å². The molecule has 174 valence electrons. The van der Waals surface area contributed by atoms with E-state index in [2.05, 4.69) is 10.6 Å². The Bertz CT molecular complexity index is 1200. The molecule has 3 aromatic carbocycles. The summed E-state index contributed by atoms with van der Waals surface area (Å²) in [6.07, 6.45) is 1.27. The van der Waals surface area contributed by atoms with Gasteiger partial charge in [0.1, 0.15) is 30.4 Å². The highest BCUT2D eigenvalue weighted by molar-refractivity contribution is 6.28. The zero-order valence-electron chi connectivity index (χ0n) is 18.1. The average molecular weight is 466 g/mol. The maximum atomic E-state index is 14.1. The van der Waals surface area contributed by atoms with Crippen LogP contribution < -0.4 is 24.8 Å². The first-order valence-corrected chi connectivity index (χ1v) is 10.3. The van der Waals surface area contributed by atoms with Crippen LogP contribution in [0.2, 0.25) is 0 Å². The number of nitrogens with one attached hydrogen (secondary N) is 2. The second-order valence-electron chi connectivity index (χ2n) is 7.17. The number of methoxy groups -OCH3 is 1. The van der Waals surface area contributed by atoms with Crippen molar-refractivity contribution in [3.63, 3.8) is 0 Å². The molecule has 3 aromatic rings. The number of carbonyl (C=O) groups is 2. The summed E-state index contributed by atoms with van der Waals surface area (Å²) in [7, 11) is 1.44. The molecule has 7 nitrogen and oxygen atoms in total. The Morgan fingerprint density at radius 1 is 0.882 bits per heavy atom. The summed E-state index contributed by atoms with van der Waals surface area (Å²) in [5.74, 6) is -2.02. The van der Waals surface area contributed by atoms with Gasteiger partial charge in [-0.1, -0.05) is 24.3 Å².